The molecule has 152 valence electrons. The molecule has 2 heterocycles. The number of ether oxygens (including phenoxy) is 2. The van der Waals surface area contributed by atoms with Gasteiger partial charge in [0, 0.05) is 20.1 Å². The number of allylic oxidation sites excluding steroid dienone is 1. The topological polar surface area (TPSA) is 71.1 Å². The lowest BCUT2D eigenvalue weighted by molar-refractivity contribution is -0.119. The van der Waals surface area contributed by atoms with Crippen LogP contribution in [0.1, 0.15) is 47.5 Å². The summed E-state index contributed by atoms with van der Waals surface area (Å²) in [6, 6.07) is -0.0210. The fraction of sp³-hybridized carbons (Fsp3) is 0.800. The maximum absolute atomic E-state index is 12.7. The second-order valence-corrected chi connectivity index (χ2v) is 9.29. The van der Waals surface area contributed by atoms with E-state index in [1.54, 1.807) is 11.8 Å². The van der Waals surface area contributed by atoms with Crippen molar-refractivity contribution in [2.45, 2.75) is 59.1 Å². The van der Waals surface area contributed by atoms with Gasteiger partial charge in [-0.15, -0.1) is 0 Å². The molecular weight excluding hydrogens is 346 g/mol. The summed E-state index contributed by atoms with van der Waals surface area (Å²) >= 11 is 0. The molecule has 4 atom stereocenters. The van der Waals surface area contributed by atoms with Crippen LogP contribution in [0.4, 0.5) is 4.79 Å². The van der Waals surface area contributed by atoms with Crippen molar-refractivity contribution in [2.75, 3.05) is 26.9 Å². The third kappa shape index (κ3) is 4.17. The monoisotopic (exact) mass is 379 g/mol. The van der Waals surface area contributed by atoms with Crippen molar-refractivity contribution >= 4 is 12.0 Å². The molecule has 0 aromatic heterocycles. The summed E-state index contributed by atoms with van der Waals surface area (Å²) in [6.07, 6.45) is 1.95. The highest BCUT2D eigenvalue weighted by Crippen LogP contribution is 2.45. The predicted molar refractivity (Wildman–Crippen MR) is 102 cm³/mol. The van der Waals surface area contributed by atoms with E-state index in [0.717, 1.165) is 19.4 Å². The lowest BCUT2D eigenvalue weighted by Gasteiger charge is -2.31. The van der Waals surface area contributed by atoms with Crippen LogP contribution in [-0.4, -0.2) is 60.3 Å². The number of carbonyl (C=O) groups excluding carboxylic acids is 2. The molecule has 3 aliphatic rings. The van der Waals surface area contributed by atoms with E-state index in [0.29, 0.717) is 42.5 Å². The predicted octanol–water partition coefficient (Wildman–Crippen LogP) is 2.54. The lowest BCUT2D eigenvalue weighted by Crippen LogP contribution is -2.48. The zero-order chi connectivity index (χ0) is 19.9. The van der Waals surface area contributed by atoms with Gasteiger partial charge in [0.2, 0.25) is 0 Å². The standard InChI is InChI=1S/C20H33N3O4/c1-12-7-14-10-23(19(25)27-20(3,4)5)16(15(14)8-12)9-21-18(24)17-13(2)26-11-22(17)6/h12,14-16H,7-11H2,1-6H3,(H,21,24)/t12?,14-,15-,16+/m0/s1. The number of carbonyl (C=O) groups is 2. The minimum atomic E-state index is -0.526. The van der Waals surface area contributed by atoms with Crippen LogP contribution in [0.15, 0.2) is 11.5 Å². The smallest absolute Gasteiger partial charge is 0.410 e. The van der Waals surface area contributed by atoms with Crippen LogP contribution in [-0.2, 0) is 14.3 Å². The van der Waals surface area contributed by atoms with Gasteiger partial charge in [-0.25, -0.2) is 4.79 Å². The van der Waals surface area contributed by atoms with Gasteiger partial charge in [-0.3, -0.25) is 4.79 Å². The molecule has 0 aromatic rings. The summed E-state index contributed by atoms with van der Waals surface area (Å²) in [6.45, 7) is 11.3. The zero-order valence-corrected chi connectivity index (χ0v) is 17.4. The molecule has 2 amide bonds. The van der Waals surface area contributed by atoms with Crippen LogP contribution >= 0.6 is 0 Å². The van der Waals surface area contributed by atoms with E-state index in [4.69, 9.17) is 9.47 Å². The Hall–Kier alpha value is -1.92. The summed E-state index contributed by atoms with van der Waals surface area (Å²) in [5.74, 6) is 2.07. The van der Waals surface area contributed by atoms with Crippen LogP contribution in [0.3, 0.4) is 0 Å². The van der Waals surface area contributed by atoms with E-state index in [1.807, 2.05) is 32.7 Å². The minimum absolute atomic E-state index is 0.0210. The molecular formula is C20H33N3O4. The second-order valence-electron chi connectivity index (χ2n) is 9.29. The lowest BCUT2D eigenvalue weighted by atomic mass is 9.94. The number of rotatable bonds is 3. The Morgan fingerprint density at radius 3 is 2.59 bits per heavy atom. The van der Waals surface area contributed by atoms with Crippen LogP contribution in [0.25, 0.3) is 0 Å². The van der Waals surface area contributed by atoms with Crippen LogP contribution in [0, 0.1) is 17.8 Å². The van der Waals surface area contributed by atoms with Gasteiger partial charge in [0.05, 0.1) is 6.04 Å². The molecule has 27 heavy (non-hydrogen) atoms. The minimum Gasteiger partial charge on any atom is -0.475 e. The van der Waals surface area contributed by atoms with E-state index < -0.39 is 5.60 Å². The number of hydrogen-bond acceptors (Lipinski definition) is 5. The van der Waals surface area contributed by atoms with Crippen LogP contribution in [0.2, 0.25) is 0 Å². The number of fused-ring (bicyclic) bond motifs is 1. The Kier molecular flexibility index (Phi) is 5.32. The molecule has 1 N–H and O–H groups in total. The highest BCUT2D eigenvalue weighted by molar-refractivity contribution is 5.93. The average Bonchev–Trinajstić information content (AvgIpc) is 3.16. The first kappa shape index (κ1) is 19.8. The van der Waals surface area contributed by atoms with Crippen molar-refractivity contribution in [2.24, 2.45) is 17.8 Å². The first-order valence-electron chi connectivity index (χ1n) is 9.89. The first-order chi connectivity index (χ1) is 12.6. The highest BCUT2D eigenvalue weighted by Gasteiger charge is 2.49. The van der Waals surface area contributed by atoms with Crippen molar-refractivity contribution in [3.63, 3.8) is 0 Å². The van der Waals surface area contributed by atoms with Gasteiger partial charge in [-0.2, -0.15) is 0 Å². The Morgan fingerprint density at radius 1 is 1.30 bits per heavy atom. The van der Waals surface area contributed by atoms with E-state index in [1.165, 1.54) is 0 Å². The summed E-state index contributed by atoms with van der Waals surface area (Å²) in [4.78, 5) is 29.0. The number of likely N-dealkylation sites (tertiary alicyclic amines) is 1. The molecule has 0 radical (unpaired) electrons. The molecule has 0 spiro atoms. The van der Waals surface area contributed by atoms with Crippen molar-refractivity contribution in [3.05, 3.63) is 11.5 Å². The summed E-state index contributed by atoms with van der Waals surface area (Å²) in [7, 11) is 1.84. The van der Waals surface area contributed by atoms with Gasteiger partial charge in [0.25, 0.3) is 5.91 Å². The molecule has 7 nitrogen and oxygen atoms in total. The molecule has 1 saturated heterocycles. The molecule has 2 fully saturated rings. The molecule has 2 aliphatic heterocycles. The van der Waals surface area contributed by atoms with Crippen molar-refractivity contribution in [1.82, 2.24) is 15.1 Å². The summed E-state index contributed by atoms with van der Waals surface area (Å²) < 4.78 is 11.0. The summed E-state index contributed by atoms with van der Waals surface area (Å²) in [5, 5.41) is 3.03. The molecule has 1 unspecified atom stereocenters. The van der Waals surface area contributed by atoms with Gasteiger partial charge in [-0.1, -0.05) is 6.92 Å². The molecule has 0 aromatic carbocycles. The van der Waals surface area contributed by atoms with E-state index in [9.17, 15) is 9.59 Å². The van der Waals surface area contributed by atoms with Gasteiger partial charge in [-0.05, 0) is 58.3 Å². The number of nitrogens with one attached hydrogen (secondary N) is 1. The number of amides is 2. The normalized spacial score (nSPS) is 30.4. The molecule has 3 rings (SSSR count). The van der Waals surface area contributed by atoms with Crippen molar-refractivity contribution in [3.8, 4) is 0 Å². The maximum atomic E-state index is 12.7. The van der Waals surface area contributed by atoms with E-state index in [-0.39, 0.29) is 18.0 Å². The Morgan fingerprint density at radius 2 is 2.00 bits per heavy atom. The molecule has 1 aliphatic carbocycles. The van der Waals surface area contributed by atoms with Crippen LogP contribution in [0.5, 0.6) is 0 Å². The number of nitrogens with zero attached hydrogens (tertiary/aromatic N) is 2. The van der Waals surface area contributed by atoms with Crippen molar-refractivity contribution in [1.29, 1.82) is 0 Å². The van der Waals surface area contributed by atoms with Crippen molar-refractivity contribution < 1.29 is 19.1 Å². The zero-order valence-electron chi connectivity index (χ0n) is 17.4. The average molecular weight is 380 g/mol. The maximum Gasteiger partial charge on any atom is 0.410 e. The largest absolute Gasteiger partial charge is 0.475 e. The Bertz CT molecular complexity index is 640. The van der Waals surface area contributed by atoms with Gasteiger partial charge >= 0.3 is 6.09 Å². The van der Waals surface area contributed by atoms with E-state index >= 15 is 0 Å². The second kappa shape index (κ2) is 7.24. The third-order valence-corrected chi connectivity index (χ3v) is 5.82. The fourth-order valence-electron chi connectivity index (χ4n) is 4.75. The van der Waals surface area contributed by atoms with Gasteiger partial charge in [0.15, 0.2) is 6.73 Å². The molecule has 7 heteroatoms. The first-order valence-corrected chi connectivity index (χ1v) is 9.89. The highest BCUT2D eigenvalue weighted by atomic mass is 16.6. The quantitative estimate of drug-likeness (QED) is 0.816. The fourth-order valence-corrected chi connectivity index (χ4v) is 4.75. The van der Waals surface area contributed by atoms with Gasteiger partial charge in [0.1, 0.15) is 17.1 Å². The van der Waals surface area contributed by atoms with Crippen LogP contribution < -0.4 is 5.32 Å². The van der Waals surface area contributed by atoms with Gasteiger partial charge < -0.3 is 24.6 Å². The third-order valence-electron chi connectivity index (χ3n) is 5.82. The molecule has 1 saturated carbocycles. The Balaban J connectivity index is 1.70. The number of hydrogen-bond donors (Lipinski definition) is 1. The summed E-state index contributed by atoms with van der Waals surface area (Å²) in [5.41, 5.74) is 0.0370. The number of likely N-dealkylation sites (N-methyl/N-ethyl adjacent to an activating group) is 1. The Labute approximate surface area is 162 Å². The molecule has 0 bridgehead atoms. The SMILES string of the molecule is CC1=C(C(=O)NC[C@@H]2[C@H]3CC(C)C[C@H]3CN2C(=O)OC(C)(C)C)N(C)CO1. The van der Waals surface area contributed by atoms with E-state index in [2.05, 4.69) is 12.2 Å².